The molecule has 6 heteroatoms. The molecule has 0 aliphatic heterocycles. The molecular weight excluding hydrogens is 254 g/mol. The van der Waals surface area contributed by atoms with Crippen LogP contribution in [0.2, 0.25) is 5.15 Å². The summed E-state index contributed by atoms with van der Waals surface area (Å²) in [6, 6.07) is 1.72. The minimum atomic E-state index is -0.210. The van der Waals surface area contributed by atoms with Crippen LogP contribution >= 0.6 is 11.6 Å². The molecule has 1 fully saturated rings. The molecule has 1 saturated carbocycles. The standard InChI is InChI=1S/C12H16ClN3O2/c13-11-10(6-8(14)7-15-11)12(18)16(4-5-17)9-2-1-3-9/h6-7,9,17H,1-5,14H2. The van der Waals surface area contributed by atoms with E-state index < -0.39 is 0 Å². The number of nitrogen functional groups attached to an aromatic ring is 1. The highest BCUT2D eigenvalue weighted by Crippen LogP contribution is 2.27. The number of anilines is 1. The van der Waals surface area contributed by atoms with E-state index in [1.165, 1.54) is 12.3 Å². The second-order valence-corrected chi connectivity index (χ2v) is 4.77. The minimum Gasteiger partial charge on any atom is -0.397 e. The van der Waals surface area contributed by atoms with E-state index >= 15 is 0 Å². The molecule has 0 unspecified atom stereocenters. The third-order valence-corrected chi connectivity index (χ3v) is 3.51. The van der Waals surface area contributed by atoms with Crippen LogP contribution < -0.4 is 5.73 Å². The first-order valence-electron chi connectivity index (χ1n) is 5.96. The van der Waals surface area contributed by atoms with E-state index in [4.69, 9.17) is 22.4 Å². The second kappa shape index (κ2) is 5.54. The molecule has 18 heavy (non-hydrogen) atoms. The predicted molar refractivity (Wildman–Crippen MR) is 69.4 cm³/mol. The lowest BCUT2D eigenvalue weighted by Gasteiger charge is -2.37. The first-order valence-corrected chi connectivity index (χ1v) is 6.34. The van der Waals surface area contributed by atoms with E-state index in [-0.39, 0.29) is 23.7 Å². The Morgan fingerprint density at radius 2 is 2.33 bits per heavy atom. The quantitative estimate of drug-likeness (QED) is 0.808. The summed E-state index contributed by atoms with van der Waals surface area (Å²) in [5.74, 6) is -0.210. The number of hydrogen-bond acceptors (Lipinski definition) is 4. The maximum atomic E-state index is 12.4. The number of aromatic nitrogens is 1. The molecular formula is C12H16ClN3O2. The zero-order valence-electron chi connectivity index (χ0n) is 9.97. The molecule has 0 bridgehead atoms. The fraction of sp³-hybridized carbons (Fsp3) is 0.500. The molecule has 0 spiro atoms. The Morgan fingerprint density at radius 3 is 2.89 bits per heavy atom. The molecule has 1 aliphatic carbocycles. The lowest BCUT2D eigenvalue weighted by atomic mass is 9.91. The number of hydrogen-bond donors (Lipinski definition) is 2. The zero-order chi connectivity index (χ0) is 13.1. The van der Waals surface area contributed by atoms with Crippen molar-refractivity contribution in [1.29, 1.82) is 0 Å². The van der Waals surface area contributed by atoms with E-state index in [0.29, 0.717) is 17.8 Å². The number of nitrogens with zero attached hydrogens (tertiary/aromatic N) is 2. The van der Waals surface area contributed by atoms with Crippen LogP contribution in [0.4, 0.5) is 5.69 Å². The fourth-order valence-corrected chi connectivity index (χ4v) is 2.21. The van der Waals surface area contributed by atoms with Gasteiger partial charge in [-0.2, -0.15) is 0 Å². The smallest absolute Gasteiger partial charge is 0.257 e. The van der Waals surface area contributed by atoms with Crippen molar-refractivity contribution in [2.45, 2.75) is 25.3 Å². The summed E-state index contributed by atoms with van der Waals surface area (Å²) in [5.41, 5.74) is 6.33. The van der Waals surface area contributed by atoms with Gasteiger partial charge in [-0.3, -0.25) is 4.79 Å². The summed E-state index contributed by atoms with van der Waals surface area (Å²) >= 11 is 5.92. The van der Waals surface area contributed by atoms with E-state index in [1.807, 2.05) is 0 Å². The Labute approximate surface area is 111 Å². The summed E-state index contributed by atoms with van der Waals surface area (Å²) < 4.78 is 0. The molecule has 0 atom stereocenters. The summed E-state index contributed by atoms with van der Waals surface area (Å²) in [6.45, 7) is 0.254. The number of carbonyl (C=O) groups excluding carboxylic acids is 1. The van der Waals surface area contributed by atoms with Crippen molar-refractivity contribution in [3.05, 3.63) is 23.0 Å². The van der Waals surface area contributed by atoms with Crippen LogP contribution in [0, 0.1) is 0 Å². The average Bonchev–Trinajstić information content (AvgIpc) is 2.28. The van der Waals surface area contributed by atoms with Crippen LogP contribution in [0.5, 0.6) is 0 Å². The lowest BCUT2D eigenvalue weighted by Crippen LogP contribution is -2.45. The summed E-state index contributed by atoms with van der Waals surface area (Å²) in [6.07, 6.45) is 4.47. The SMILES string of the molecule is Nc1cnc(Cl)c(C(=O)N(CCO)C2CCC2)c1. The van der Waals surface area contributed by atoms with Gasteiger partial charge in [-0.05, 0) is 25.3 Å². The van der Waals surface area contributed by atoms with Crippen LogP contribution in [0.1, 0.15) is 29.6 Å². The van der Waals surface area contributed by atoms with Crippen LogP contribution in [0.3, 0.4) is 0 Å². The first kappa shape index (κ1) is 13.1. The number of halogens is 1. The van der Waals surface area contributed by atoms with Crippen molar-refractivity contribution >= 4 is 23.2 Å². The number of aliphatic hydroxyl groups excluding tert-OH is 1. The Hall–Kier alpha value is -1.33. The molecule has 1 heterocycles. The third kappa shape index (κ3) is 2.57. The Morgan fingerprint density at radius 1 is 1.61 bits per heavy atom. The van der Waals surface area contributed by atoms with Gasteiger partial charge in [0.1, 0.15) is 5.15 Å². The molecule has 1 aliphatic rings. The number of nitrogens with two attached hydrogens (primary N) is 1. The van der Waals surface area contributed by atoms with E-state index in [9.17, 15) is 4.79 Å². The molecule has 0 aromatic carbocycles. The Bertz CT molecular complexity index is 449. The van der Waals surface area contributed by atoms with Gasteiger partial charge in [-0.25, -0.2) is 4.98 Å². The minimum absolute atomic E-state index is 0.0599. The van der Waals surface area contributed by atoms with Gasteiger partial charge < -0.3 is 15.7 Å². The van der Waals surface area contributed by atoms with E-state index in [1.54, 1.807) is 4.90 Å². The highest BCUT2D eigenvalue weighted by molar-refractivity contribution is 6.32. The number of rotatable bonds is 4. The number of carbonyl (C=O) groups is 1. The fourth-order valence-electron chi connectivity index (χ4n) is 2.02. The van der Waals surface area contributed by atoms with Gasteiger partial charge >= 0.3 is 0 Å². The lowest BCUT2D eigenvalue weighted by molar-refractivity contribution is 0.0525. The maximum Gasteiger partial charge on any atom is 0.257 e. The predicted octanol–water partition coefficient (Wildman–Crippen LogP) is 1.30. The van der Waals surface area contributed by atoms with Crippen molar-refractivity contribution in [3.8, 4) is 0 Å². The van der Waals surface area contributed by atoms with Gasteiger partial charge in [0.15, 0.2) is 0 Å². The summed E-state index contributed by atoms with van der Waals surface area (Å²) in [4.78, 5) is 17.9. The van der Waals surface area contributed by atoms with Crippen LogP contribution in [0.25, 0.3) is 0 Å². The van der Waals surface area contributed by atoms with E-state index in [0.717, 1.165) is 19.3 Å². The molecule has 0 saturated heterocycles. The van der Waals surface area contributed by atoms with E-state index in [2.05, 4.69) is 4.98 Å². The van der Waals surface area contributed by atoms with Crippen molar-refractivity contribution in [2.75, 3.05) is 18.9 Å². The van der Waals surface area contributed by atoms with Gasteiger partial charge in [0.05, 0.1) is 24.1 Å². The molecule has 1 amide bonds. The molecule has 1 aromatic heterocycles. The van der Waals surface area contributed by atoms with Gasteiger partial charge in [0, 0.05) is 12.6 Å². The first-order chi connectivity index (χ1) is 8.63. The normalized spacial score (nSPS) is 15.2. The summed E-state index contributed by atoms with van der Waals surface area (Å²) in [5, 5.41) is 9.21. The molecule has 2 rings (SSSR count). The second-order valence-electron chi connectivity index (χ2n) is 4.41. The zero-order valence-corrected chi connectivity index (χ0v) is 10.7. The van der Waals surface area contributed by atoms with Crippen molar-refractivity contribution in [1.82, 2.24) is 9.88 Å². The third-order valence-electron chi connectivity index (χ3n) is 3.21. The molecule has 0 radical (unpaired) electrons. The number of amides is 1. The molecule has 98 valence electrons. The number of aliphatic hydroxyl groups is 1. The average molecular weight is 270 g/mol. The van der Waals surface area contributed by atoms with Gasteiger partial charge in [-0.1, -0.05) is 11.6 Å². The van der Waals surface area contributed by atoms with Gasteiger partial charge in [0.2, 0.25) is 0 Å². The summed E-state index contributed by atoms with van der Waals surface area (Å²) in [7, 11) is 0. The topological polar surface area (TPSA) is 79.5 Å². The van der Waals surface area contributed by atoms with Gasteiger partial charge in [0.25, 0.3) is 5.91 Å². The largest absolute Gasteiger partial charge is 0.397 e. The monoisotopic (exact) mass is 269 g/mol. The molecule has 3 N–H and O–H groups in total. The molecule has 1 aromatic rings. The van der Waals surface area contributed by atoms with Crippen LogP contribution in [0.15, 0.2) is 12.3 Å². The van der Waals surface area contributed by atoms with Crippen LogP contribution in [-0.4, -0.2) is 40.1 Å². The number of pyridine rings is 1. The Kier molecular flexibility index (Phi) is 4.04. The Balaban J connectivity index is 2.23. The molecule has 5 nitrogen and oxygen atoms in total. The van der Waals surface area contributed by atoms with Crippen molar-refractivity contribution in [3.63, 3.8) is 0 Å². The van der Waals surface area contributed by atoms with Gasteiger partial charge in [-0.15, -0.1) is 0 Å². The van der Waals surface area contributed by atoms with Crippen molar-refractivity contribution in [2.24, 2.45) is 0 Å². The van der Waals surface area contributed by atoms with Crippen LogP contribution in [-0.2, 0) is 0 Å². The highest BCUT2D eigenvalue weighted by Gasteiger charge is 2.30. The van der Waals surface area contributed by atoms with Crippen molar-refractivity contribution < 1.29 is 9.90 Å². The maximum absolute atomic E-state index is 12.4. The highest BCUT2D eigenvalue weighted by atomic mass is 35.5.